The molecule has 1 aromatic carbocycles. The highest BCUT2D eigenvalue weighted by Crippen LogP contribution is 2.25. The number of Topliss-reactive ketones (excluding diaryl/α,β-unsaturated/α-hetero) is 1. The van der Waals surface area contributed by atoms with Crippen LogP contribution in [0.1, 0.15) is 17.3 Å². The largest absolute Gasteiger partial charge is 0.464 e. The van der Waals surface area contributed by atoms with Crippen molar-refractivity contribution < 1.29 is 13.6 Å². The lowest BCUT2D eigenvalue weighted by molar-refractivity contribution is 0.101. The molecule has 0 saturated carbocycles. The number of hydrogen-bond donors (Lipinski definition) is 0. The van der Waals surface area contributed by atoms with Crippen LogP contribution in [0.15, 0.2) is 44.2 Å². The number of fused-ring (bicyclic) bond motifs is 3. The van der Waals surface area contributed by atoms with Crippen molar-refractivity contribution in [2.24, 2.45) is 0 Å². The summed E-state index contributed by atoms with van der Waals surface area (Å²) < 4.78 is 10.4. The third-order valence-electron chi connectivity index (χ3n) is 2.71. The average Bonchev–Trinajstić information content (AvgIpc) is 2.75. The minimum Gasteiger partial charge on any atom is -0.464 e. The van der Waals surface area contributed by atoms with Crippen LogP contribution in [0.2, 0.25) is 0 Å². The Balaban J connectivity index is 2.53. The van der Waals surface area contributed by atoms with E-state index >= 15 is 0 Å². The zero-order chi connectivity index (χ0) is 12.0. The molecule has 0 atom stereocenters. The Labute approximate surface area is 95.4 Å². The van der Waals surface area contributed by atoms with Gasteiger partial charge in [0.05, 0.1) is 11.6 Å². The van der Waals surface area contributed by atoms with Gasteiger partial charge < -0.3 is 8.83 Å². The number of furan rings is 1. The van der Waals surface area contributed by atoms with Crippen LogP contribution in [0.3, 0.4) is 0 Å². The van der Waals surface area contributed by atoms with Crippen molar-refractivity contribution in [1.29, 1.82) is 0 Å². The average molecular weight is 228 g/mol. The highest BCUT2D eigenvalue weighted by molar-refractivity contribution is 6.05. The summed E-state index contributed by atoms with van der Waals surface area (Å²) in [4.78, 5) is 22.8. The maximum Gasteiger partial charge on any atom is 0.347 e. The fourth-order valence-corrected chi connectivity index (χ4v) is 1.87. The van der Waals surface area contributed by atoms with Crippen molar-refractivity contribution in [3.63, 3.8) is 0 Å². The van der Waals surface area contributed by atoms with E-state index in [0.29, 0.717) is 16.6 Å². The lowest BCUT2D eigenvalue weighted by atomic mass is 10.1. The molecule has 0 unspecified atom stereocenters. The molecule has 0 bridgehead atoms. The van der Waals surface area contributed by atoms with Gasteiger partial charge in [0.15, 0.2) is 5.78 Å². The van der Waals surface area contributed by atoms with Gasteiger partial charge in [-0.15, -0.1) is 0 Å². The van der Waals surface area contributed by atoms with Crippen LogP contribution in [0.5, 0.6) is 0 Å². The number of carbonyl (C=O) groups excluding carboxylic acids is 1. The second-order valence-corrected chi connectivity index (χ2v) is 3.82. The summed E-state index contributed by atoms with van der Waals surface area (Å²) in [6, 6.07) is 6.83. The van der Waals surface area contributed by atoms with Crippen molar-refractivity contribution in [1.82, 2.24) is 0 Å². The van der Waals surface area contributed by atoms with Crippen molar-refractivity contribution in [3.8, 4) is 0 Å². The van der Waals surface area contributed by atoms with Crippen LogP contribution >= 0.6 is 0 Å². The van der Waals surface area contributed by atoms with Gasteiger partial charge in [-0.25, -0.2) is 4.79 Å². The van der Waals surface area contributed by atoms with Crippen molar-refractivity contribution in [3.05, 3.63) is 46.5 Å². The maximum absolute atomic E-state index is 11.5. The fourth-order valence-electron chi connectivity index (χ4n) is 1.87. The van der Waals surface area contributed by atoms with Crippen molar-refractivity contribution >= 4 is 27.7 Å². The Morgan fingerprint density at radius 2 is 2.06 bits per heavy atom. The molecule has 0 saturated heterocycles. The van der Waals surface area contributed by atoms with Gasteiger partial charge >= 0.3 is 5.63 Å². The summed E-state index contributed by atoms with van der Waals surface area (Å²) in [5, 5.41) is 1.54. The van der Waals surface area contributed by atoms with Crippen LogP contribution < -0.4 is 5.63 Å². The molecule has 3 rings (SSSR count). The Morgan fingerprint density at radius 3 is 2.82 bits per heavy atom. The minimum absolute atomic E-state index is 0.0430. The standard InChI is InChI=1S/C13H8O4/c1-7(14)9-6-10-11(17-13(9)15)3-2-8-4-5-16-12(8)10/h2-6H,1H3. The van der Waals surface area contributed by atoms with Crippen LogP contribution in [0.4, 0.5) is 0 Å². The molecular formula is C13H8O4. The van der Waals surface area contributed by atoms with E-state index < -0.39 is 5.63 Å². The molecule has 2 heterocycles. The molecule has 17 heavy (non-hydrogen) atoms. The summed E-state index contributed by atoms with van der Waals surface area (Å²) in [6.07, 6.45) is 1.56. The summed E-state index contributed by atoms with van der Waals surface area (Å²) in [5.74, 6) is -0.316. The van der Waals surface area contributed by atoms with Gasteiger partial charge in [-0.05, 0) is 31.2 Å². The fraction of sp³-hybridized carbons (Fsp3) is 0.0769. The maximum atomic E-state index is 11.5. The second-order valence-electron chi connectivity index (χ2n) is 3.82. The van der Waals surface area contributed by atoms with E-state index in [1.807, 2.05) is 6.07 Å². The third kappa shape index (κ3) is 1.38. The molecular weight excluding hydrogens is 220 g/mol. The highest BCUT2D eigenvalue weighted by atomic mass is 16.4. The minimum atomic E-state index is -0.615. The summed E-state index contributed by atoms with van der Waals surface area (Å²) in [7, 11) is 0. The van der Waals surface area contributed by atoms with Crippen molar-refractivity contribution in [2.45, 2.75) is 6.92 Å². The smallest absolute Gasteiger partial charge is 0.347 e. The van der Waals surface area contributed by atoms with E-state index in [1.165, 1.54) is 13.0 Å². The van der Waals surface area contributed by atoms with Gasteiger partial charge in [-0.2, -0.15) is 0 Å². The number of rotatable bonds is 1. The molecule has 4 heteroatoms. The number of carbonyl (C=O) groups is 1. The van der Waals surface area contributed by atoms with E-state index in [-0.39, 0.29) is 11.3 Å². The SMILES string of the molecule is CC(=O)c1cc2c(ccc3ccoc32)oc1=O. The Hall–Kier alpha value is -2.36. The predicted molar refractivity (Wildman–Crippen MR) is 62.3 cm³/mol. The van der Waals surface area contributed by atoms with Crippen LogP contribution in [0.25, 0.3) is 21.9 Å². The molecule has 4 nitrogen and oxygen atoms in total. The Bertz CT molecular complexity index is 792. The zero-order valence-electron chi connectivity index (χ0n) is 9.02. The second kappa shape index (κ2) is 3.31. The van der Waals surface area contributed by atoms with Crippen molar-refractivity contribution in [2.75, 3.05) is 0 Å². The molecule has 0 N–H and O–H groups in total. The molecule has 2 aromatic heterocycles. The van der Waals surface area contributed by atoms with Gasteiger partial charge in [-0.3, -0.25) is 4.79 Å². The van der Waals surface area contributed by atoms with Gasteiger partial charge in [0.25, 0.3) is 0 Å². The molecule has 0 fully saturated rings. The molecule has 84 valence electrons. The normalized spacial score (nSPS) is 11.1. The third-order valence-corrected chi connectivity index (χ3v) is 2.71. The zero-order valence-corrected chi connectivity index (χ0v) is 9.02. The van der Waals surface area contributed by atoms with E-state index in [1.54, 1.807) is 18.4 Å². The predicted octanol–water partition coefficient (Wildman–Crippen LogP) is 2.74. The molecule has 0 radical (unpaired) electrons. The Morgan fingerprint density at radius 1 is 1.24 bits per heavy atom. The lowest BCUT2D eigenvalue weighted by Crippen LogP contribution is -2.10. The molecule has 0 aliphatic heterocycles. The molecule has 3 aromatic rings. The van der Waals surface area contributed by atoms with Crippen LogP contribution in [0, 0.1) is 0 Å². The molecule has 0 amide bonds. The number of hydrogen-bond acceptors (Lipinski definition) is 4. The molecule has 0 aliphatic rings. The van der Waals surface area contributed by atoms with Gasteiger partial charge in [0.1, 0.15) is 16.7 Å². The molecule has 0 aliphatic carbocycles. The lowest BCUT2D eigenvalue weighted by Gasteiger charge is -1.99. The quantitative estimate of drug-likeness (QED) is 0.474. The van der Waals surface area contributed by atoms with Gasteiger partial charge in [0.2, 0.25) is 0 Å². The van der Waals surface area contributed by atoms with Gasteiger partial charge in [-0.1, -0.05) is 0 Å². The highest BCUT2D eigenvalue weighted by Gasteiger charge is 2.12. The monoisotopic (exact) mass is 228 g/mol. The van der Waals surface area contributed by atoms with E-state index in [2.05, 4.69) is 0 Å². The number of ketones is 1. The first kappa shape index (κ1) is 9.84. The summed E-state index contributed by atoms with van der Waals surface area (Å²) >= 11 is 0. The van der Waals surface area contributed by atoms with E-state index in [0.717, 1.165) is 5.39 Å². The van der Waals surface area contributed by atoms with E-state index in [9.17, 15) is 9.59 Å². The first-order chi connectivity index (χ1) is 8.16. The molecule has 0 spiro atoms. The van der Waals surface area contributed by atoms with Gasteiger partial charge in [0, 0.05) is 5.39 Å². The Kier molecular flexibility index (Phi) is 1.92. The summed E-state index contributed by atoms with van der Waals surface area (Å²) in [6.45, 7) is 1.33. The summed E-state index contributed by atoms with van der Waals surface area (Å²) in [5.41, 5.74) is 0.466. The first-order valence-electron chi connectivity index (χ1n) is 5.12. The first-order valence-corrected chi connectivity index (χ1v) is 5.12. The van der Waals surface area contributed by atoms with Crippen LogP contribution in [-0.4, -0.2) is 5.78 Å². The number of benzene rings is 1. The van der Waals surface area contributed by atoms with E-state index in [4.69, 9.17) is 8.83 Å². The topological polar surface area (TPSA) is 60.4 Å². The van der Waals surface area contributed by atoms with Crippen LogP contribution in [-0.2, 0) is 0 Å².